The normalized spacial score (nSPS) is 23.6. The molecule has 0 aromatic rings. The zero-order chi connectivity index (χ0) is 11.9. The summed E-state index contributed by atoms with van der Waals surface area (Å²) in [6, 6.07) is -0.491. The van der Waals surface area contributed by atoms with Crippen molar-refractivity contribution in [3.8, 4) is 0 Å². The summed E-state index contributed by atoms with van der Waals surface area (Å²) >= 11 is 0. The molecule has 2 rings (SSSR count). The van der Waals surface area contributed by atoms with Gasteiger partial charge in [-0.15, -0.1) is 0 Å². The van der Waals surface area contributed by atoms with Crippen molar-refractivity contribution in [2.45, 2.75) is 31.2 Å². The van der Waals surface area contributed by atoms with Gasteiger partial charge in [-0.2, -0.15) is 0 Å². The Morgan fingerprint density at radius 1 is 1.38 bits per heavy atom. The van der Waals surface area contributed by atoms with Crippen LogP contribution in [0.25, 0.3) is 0 Å². The van der Waals surface area contributed by atoms with Crippen LogP contribution in [-0.2, 0) is 9.59 Å². The Kier molecular flexibility index (Phi) is 2.36. The van der Waals surface area contributed by atoms with Crippen LogP contribution < -0.4 is 0 Å². The van der Waals surface area contributed by atoms with Crippen molar-refractivity contribution in [2.75, 3.05) is 13.6 Å². The number of nitrogens with zero attached hydrogens (tertiary/aromatic N) is 2. The summed E-state index contributed by atoms with van der Waals surface area (Å²) in [6.07, 6.45) is 3.10. The first-order chi connectivity index (χ1) is 7.49. The molecule has 16 heavy (non-hydrogen) atoms. The maximum Gasteiger partial charge on any atom is 0.327 e. The molecule has 1 saturated heterocycles. The summed E-state index contributed by atoms with van der Waals surface area (Å²) in [5.74, 6) is -1.51. The van der Waals surface area contributed by atoms with Crippen molar-refractivity contribution in [1.29, 1.82) is 0 Å². The van der Waals surface area contributed by atoms with Crippen molar-refractivity contribution in [3.05, 3.63) is 0 Å². The molecule has 6 nitrogen and oxygen atoms in total. The fourth-order valence-electron chi connectivity index (χ4n) is 2.63. The summed E-state index contributed by atoms with van der Waals surface area (Å²) in [6.45, 7) is -0.538. The molecular weight excluding hydrogens is 212 g/mol. The quantitative estimate of drug-likeness (QED) is 0.686. The third-order valence-corrected chi connectivity index (χ3v) is 3.53. The van der Waals surface area contributed by atoms with Crippen LogP contribution in [-0.4, -0.2) is 51.9 Å². The summed E-state index contributed by atoms with van der Waals surface area (Å²) < 4.78 is 0. The van der Waals surface area contributed by atoms with E-state index in [0.717, 1.165) is 17.7 Å². The number of rotatable bonds is 2. The van der Waals surface area contributed by atoms with Crippen LogP contribution in [0.4, 0.5) is 4.79 Å². The number of carboxylic acid groups (broad SMARTS) is 1. The van der Waals surface area contributed by atoms with Crippen LogP contribution in [0.1, 0.15) is 25.7 Å². The molecule has 2 aliphatic rings. The number of carbonyl (C=O) groups excluding carboxylic acids is 2. The van der Waals surface area contributed by atoms with Gasteiger partial charge < -0.3 is 10.0 Å². The first-order valence-electron chi connectivity index (χ1n) is 5.30. The molecule has 1 aliphatic heterocycles. The van der Waals surface area contributed by atoms with Crippen LogP contribution >= 0.6 is 0 Å². The van der Waals surface area contributed by atoms with Crippen molar-refractivity contribution >= 4 is 17.9 Å². The fraction of sp³-hybridized carbons (Fsp3) is 0.700. The number of hydrogen-bond acceptors (Lipinski definition) is 3. The van der Waals surface area contributed by atoms with Crippen LogP contribution in [0, 0.1) is 0 Å². The first-order valence-corrected chi connectivity index (χ1v) is 5.30. The highest BCUT2D eigenvalue weighted by atomic mass is 16.4. The molecular formula is C10H14N2O4. The second-order valence-corrected chi connectivity index (χ2v) is 4.37. The van der Waals surface area contributed by atoms with Gasteiger partial charge in [0.15, 0.2) is 0 Å². The van der Waals surface area contributed by atoms with Gasteiger partial charge in [0.05, 0.1) is 0 Å². The molecule has 88 valence electrons. The van der Waals surface area contributed by atoms with E-state index in [4.69, 9.17) is 5.11 Å². The molecule has 0 bridgehead atoms. The van der Waals surface area contributed by atoms with Crippen LogP contribution in [0.15, 0.2) is 0 Å². The van der Waals surface area contributed by atoms with Crippen LogP contribution in [0.3, 0.4) is 0 Å². The zero-order valence-electron chi connectivity index (χ0n) is 9.10. The Morgan fingerprint density at radius 3 is 2.44 bits per heavy atom. The van der Waals surface area contributed by atoms with E-state index in [1.165, 1.54) is 4.90 Å². The van der Waals surface area contributed by atoms with Gasteiger partial charge in [0, 0.05) is 7.05 Å². The average molecular weight is 226 g/mol. The Hall–Kier alpha value is -1.59. The minimum absolute atomic E-state index is 0.347. The molecule has 0 unspecified atom stereocenters. The minimum atomic E-state index is -1.16. The number of urea groups is 1. The van der Waals surface area contributed by atoms with E-state index >= 15 is 0 Å². The number of carboxylic acids is 1. The molecule has 0 aromatic carbocycles. The van der Waals surface area contributed by atoms with E-state index in [1.807, 2.05) is 0 Å². The lowest BCUT2D eigenvalue weighted by Crippen LogP contribution is -2.45. The Bertz CT molecular complexity index is 360. The third kappa shape index (κ3) is 1.29. The van der Waals surface area contributed by atoms with Crippen molar-refractivity contribution in [1.82, 2.24) is 9.80 Å². The lowest BCUT2D eigenvalue weighted by molar-refractivity contribution is -0.143. The number of carbonyl (C=O) groups is 3. The zero-order valence-corrected chi connectivity index (χ0v) is 9.10. The van der Waals surface area contributed by atoms with Gasteiger partial charge >= 0.3 is 12.0 Å². The van der Waals surface area contributed by atoms with Gasteiger partial charge in [-0.05, 0) is 12.8 Å². The average Bonchev–Trinajstić information content (AvgIpc) is 2.77. The molecule has 0 atom stereocenters. The van der Waals surface area contributed by atoms with E-state index in [0.29, 0.717) is 12.8 Å². The molecule has 6 heteroatoms. The first kappa shape index (κ1) is 10.9. The second-order valence-electron chi connectivity index (χ2n) is 4.37. The molecule has 3 amide bonds. The highest BCUT2D eigenvalue weighted by Crippen LogP contribution is 2.40. The van der Waals surface area contributed by atoms with Crippen molar-refractivity contribution in [2.24, 2.45) is 0 Å². The van der Waals surface area contributed by atoms with Gasteiger partial charge in [0.1, 0.15) is 12.1 Å². The lowest BCUT2D eigenvalue weighted by Gasteiger charge is -2.27. The summed E-state index contributed by atoms with van der Waals surface area (Å²) in [5, 5.41) is 8.66. The monoisotopic (exact) mass is 226 g/mol. The highest BCUT2D eigenvalue weighted by molar-refractivity contribution is 6.08. The molecule has 0 aromatic heterocycles. The second kappa shape index (κ2) is 3.47. The van der Waals surface area contributed by atoms with Gasteiger partial charge in [-0.25, -0.2) is 4.79 Å². The topological polar surface area (TPSA) is 77.9 Å². The molecule has 0 radical (unpaired) electrons. The Labute approximate surface area is 92.8 Å². The predicted molar refractivity (Wildman–Crippen MR) is 53.7 cm³/mol. The predicted octanol–water partition coefficient (Wildman–Crippen LogP) is 0.278. The van der Waals surface area contributed by atoms with E-state index in [9.17, 15) is 14.4 Å². The SMILES string of the molecule is CN1C(=O)N(CC(=O)O)C(=O)C12CCCC2. The Balaban J connectivity index is 2.29. The number of aliphatic carboxylic acids is 1. The molecule has 2 fully saturated rings. The minimum Gasteiger partial charge on any atom is -0.480 e. The highest BCUT2D eigenvalue weighted by Gasteiger charge is 2.56. The maximum absolute atomic E-state index is 12.1. The smallest absolute Gasteiger partial charge is 0.327 e. The van der Waals surface area contributed by atoms with E-state index < -0.39 is 24.1 Å². The van der Waals surface area contributed by atoms with Gasteiger partial charge in [-0.1, -0.05) is 12.8 Å². The van der Waals surface area contributed by atoms with Gasteiger partial charge in [0.2, 0.25) is 0 Å². The van der Waals surface area contributed by atoms with Crippen molar-refractivity contribution < 1.29 is 19.5 Å². The lowest BCUT2D eigenvalue weighted by atomic mass is 9.96. The molecule has 1 aliphatic carbocycles. The standard InChI is InChI=1S/C10H14N2O4/c1-11-9(16)12(6-7(13)14)8(15)10(11)4-2-3-5-10/h2-6H2,1H3,(H,13,14). The number of amides is 3. The van der Waals surface area contributed by atoms with E-state index in [2.05, 4.69) is 0 Å². The summed E-state index contributed by atoms with van der Waals surface area (Å²) in [5.41, 5.74) is -0.757. The van der Waals surface area contributed by atoms with Crippen LogP contribution in [0.5, 0.6) is 0 Å². The van der Waals surface area contributed by atoms with E-state index in [1.54, 1.807) is 7.05 Å². The largest absolute Gasteiger partial charge is 0.480 e. The van der Waals surface area contributed by atoms with E-state index in [-0.39, 0.29) is 5.91 Å². The number of imide groups is 1. The van der Waals surface area contributed by atoms with Crippen molar-refractivity contribution in [3.63, 3.8) is 0 Å². The molecule has 1 spiro atoms. The van der Waals surface area contributed by atoms with Gasteiger partial charge in [-0.3, -0.25) is 14.5 Å². The molecule has 1 saturated carbocycles. The fourth-order valence-corrected chi connectivity index (χ4v) is 2.63. The number of hydrogen-bond donors (Lipinski definition) is 1. The van der Waals surface area contributed by atoms with Crippen LogP contribution in [0.2, 0.25) is 0 Å². The third-order valence-electron chi connectivity index (χ3n) is 3.53. The Morgan fingerprint density at radius 2 is 1.94 bits per heavy atom. The summed E-state index contributed by atoms with van der Waals surface area (Å²) in [4.78, 5) is 36.7. The molecule has 1 N–H and O–H groups in total. The maximum atomic E-state index is 12.1. The van der Waals surface area contributed by atoms with Gasteiger partial charge in [0.25, 0.3) is 5.91 Å². The number of likely N-dealkylation sites (N-methyl/N-ethyl adjacent to an activating group) is 1. The summed E-state index contributed by atoms with van der Waals surface area (Å²) in [7, 11) is 1.58. The molecule has 1 heterocycles.